The van der Waals surface area contributed by atoms with Crippen LogP contribution in [0.5, 0.6) is 0 Å². The molecule has 0 spiro atoms. The minimum Gasteiger partial charge on any atom is -0.465 e. The highest BCUT2D eigenvalue weighted by Crippen LogP contribution is 2.22. The fourth-order valence-corrected chi connectivity index (χ4v) is 6.99. The van der Waals surface area contributed by atoms with Gasteiger partial charge in [0, 0.05) is 17.6 Å². The number of ether oxygens (including phenoxy) is 2. The van der Waals surface area contributed by atoms with Crippen LogP contribution >= 0.6 is 0 Å². The highest BCUT2D eigenvalue weighted by atomic mass is 16.5. The molecule has 0 radical (unpaired) electrons. The van der Waals surface area contributed by atoms with E-state index in [2.05, 4.69) is 10.1 Å². The SMILES string of the molecule is COC(=O)c1ccccc1.NC1CCCCC1.O=C(NC1CCCCC1)c1ccccc1.O=C(OC1CCCCC1)c1ccccc1.OC1CCCCC1. The van der Waals surface area contributed by atoms with Crippen molar-refractivity contribution in [1.82, 2.24) is 5.32 Å². The number of benzene rings is 3. The van der Waals surface area contributed by atoms with Crippen molar-refractivity contribution in [3.63, 3.8) is 0 Å². The van der Waals surface area contributed by atoms with E-state index in [4.69, 9.17) is 15.6 Å². The van der Waals surface area contributed by atoms with Gasteiger partial charge in [-0.25, -0.2) is 9.59 Å². The van der Waals surface area contributed by atoms with Crippen LogP contribution in [0.15, 0.2) is 91.0 Å². The van der Waals surface area contributed by atoms with Gasteiger partial charge in [0.15, 0.2) is 0 Å². The lowest BCUT2D eigenvalue weighted by atomic mass is 9.95. The monoisotopic (exact) mass is 742 g/mol. The first-order chi connectivity index (χ1) is 26.4. The zero-order chi connectivity index (χ0) is 38.6. The predicted molar refractivity (Wildman–Crippen MR) is 217 cm³/mol. The maximum absolute atomic E-state index is 11.8. The van der Waals surface area contributed by atoms with Crippen LogP contribution in [0.25, 0.3) is 0 Å². The molecule has 8 heteroatoms. The smallest absolute Gasteiger partial charge is 0.338 e. The Hall–Kier alpha value is -4.01. The van der Waals surface area contributed by atoms with E-state index in [0.29, 0.717) is 23.2 Å². The number of aliphatic hydroxyl groups excluding tert-OH is 1. The number of amides is 1. The van der Waals surface area contributed by atoms with Gasteiger partial charge in [-0.2, -0.15) is 0 Å². The molecule has 54 heavy (non-hydrogen) atoms. The fraction of sp³-hybridized carbons (Fsp3) is 0.543. The van der Waals surface area contributed by atoms with Crippen molar-refractivity contribution < 1.29 is 29.0 Å². The summed E-state index contributed by atoms with van der Waals surface area (Å²) < 4.78 is 9.94. The van der Waals surface area contributed by atoms with E-state index in [-0.39, 0.29) is 30.1 Å². The maximum atomic E-state index is 11.8. The van der Waals surface area contributed by atoms with Gasteiger partial charge in [-0.05, 0) is 101 Å². The molecular weight excluding hydrogens is 677 g/mol. The second kappa shape index (κ2) is 27.6. The molecular formula is C46H66N2O6. The third-order valence-corrected chi connectivity index (χ3v) is 10.2. The Morgan fingerprint density at radius 3 is 1.31 bits per heavy atom. The minimum absolute atomic E-state index is 0.0359. The molecule has 1 amide bonds. The van der Waals surface area contributed by atoms with Crippen molar-refractivity contribution in [1.29, 1.82) is 0 Å². The van der Waals surface area contributed by atoms with Crippen molar-refractivity contribution in [3.05, 3.63) is 108 Å². The van der Waals surface area contributed by atoms with Gasteiger partial charge < -0.3 is 25.6 Å². The highest BCUT2D eigenvalue weighted by Gasteiger charge is 2.18. The molecule has 0 aliphatic heterocycles. The molecule has 0 saturated heterocycles. The van der Waals surface area contributed by atoms with Crippen molar-refractivity contribution in [2.24, 2.45) is 5.73 Å². The number of esters is 2. The molecule has 3 aromatic rings. The van der Waals surface area contributed by atoms with E-state index >= 15 is 0 Å². The quantitative estimate of drug-likeness (QED) is 0.222. The van der Waals surface area contributed by atoms with E-state index in [1.807, 2.05) is 54.6 Å². The Morgan fingerprint density at radius 2 is 0.926 bits per heavy atom. The van der Waals surface area contributed by atoms with Crippen LogP contribution in [0.2, 0.25) is 0 Å². The lowest BCUT2D eigenvalue weighted by Gasteiger charge is -2.22. The van der Waals surface area contributed by atoms with Crippen LogP contribution in [-0.4, -0.2) is 54.4 Å². The van der Waals surface area contributed by atoms with Gasteiger partial charge in [-0.1, -0.05) is 119 Å². The number of hydrogen-bond acceptors (Lipinski definition) is 7. The molecule has 0 heterocycles. The van der Waals surface area contributed by atoms with E-state index in [9.17, 15) is 14.4 Å². The Morgan fingerprint density at radius 1 is 0.537 bits per heavy atom. The molecule has 7 rings (SSSR count). The zero-order valence-electron chi connectivity index (χ0n) is 32.7. The van der Waals surface area contributed by atoms with E-state index < -0.39 is 0 Å². The van der Waals surface area contributed by atoms with E-state index in [1.165, 1.54) is 97.0 Å². The first-order valence-corrected chi connectivity index (χ1v) is 20.5. The molecule has 4 aliphatic carbocycles. The van der Waals surface area contributed by atoms with Gasteiger partial charge in [0.25, 0.3) is 5.91 Å². The average molecular weight is 743 g/mol. The molecule has 3 aromatic carbocycles. The van der Waals surface area contributed by atoms with Crippen LogP contribution in [-0.2, 0) is 9.47 Å². The third kappa shape index (κ3) is 19.4. The first kappa shape index (κ1) is 44.4. The molecule has 296 valence electrons. The van der Waals surface area contributed by atoms with Crippen molar-refractivity contribution in [3.8, 4) is 0 Å². The van der Waals surface area contributed by atoms with Crippen molar-refractivity contribution >= 4 is 17.8 Å². The number of aliphatic hydroxyl groups is 1. The van der Waals surface area contributed by atoms with Gasteiger partial charge in [-0.3, -0.25) is 4.79 Å². The Labute approximate surface area is 324 Å². The molecule has 0 bridgehead atoms. The van der Waals surface area contributed by atoms with Crippen LogP contribution in [0.1, 0.15) is 159 Å². The number of nitrogens with two attached hydrogens (primary N) is 1. The zero-order valence-corrected chi connectivity index (χ0v) is 32.7. The average Bonchev–Trinajstić information content (AvgIpc) is 3.24. The molecule has 4 saturated carbocycles. The number of hydrogen-bond donors (Lipinski definition) is 3. The summed E-state index contributed by atoms with van der Waals surface area (Å²) in [6.45, 7) is 0. The fourth-order valence-electron chi connectivity index (χ4n) is 6.99. The summed E-state index contributed by atoms with van der Waals surface area (Å²) in [6, 6.07) is 28.5. The Bertz CT molecular complexity index is 1310. The molecule has 4 aliphatic rings. The van der Waals surface area contributed by atoms with Crippen LogP contribution in [0, 0.1) is 0 Å². The second-order valence-electron chi connectivity index (χ2n) is 14.8. The van der Waals surface area contributed by atoms with Gasteiger partial charge in [-0.15, -0.1) is 0 Å². The Balaban J connectivity index is 0.000000188. The predicted octanol–water partition coefficient (Wildman–Crippen LogP) is 9.99. The molecule has 0 aromatic heterocycles. The van der Waals surface area contributed by atoms with Crippen LogP contribution < -0.4 is 11.1 Å². The first-order valence-electron chi connectivity index (χ1n) is 20.5. The summed E-state index contributed by atoms with van der Waals surface area (Å²) in [5.74, 6) is -0.398. The summed E-state index contributed by atoms with van der Waals surface area (Å²) in [4.78, 5) is 34.3. The van der Waals surface area contributed by atoms with Gasteiger partial charge in [0.2, 0.25) is 0 Å². The number of carbonyl (C=O) groups is 3. The molecule has 8 nitrogen and oxygen atoms in total. The summed E-state index contributed by atoms with van der Waals surface area (Å²) >= 11 is 0. The number of nitrogens with one attached hydrogen (secondary N) is 1. The third-order valence-electron chi connectivity index (χ3n) is 10.2. The maximum Gasteiger partial charge on any atom is 0.338 e. The standard InChI is InChI=1S/C13H17NO.C13H16O2.C8H8O2.C6H13N.C6H12O/c15-13(11-7-3-1-4-8-11)14-12-9-5-2-6-10-12;14-13(11-7-3-1-4-8-11)15-12-9-5-2-6-10-12;1-10-8(9)7-5-3-2-4-6-7;2*7-6-4-2-1-3-5-6/h1,3-4,7-8,12H,2,5-6,9-10H2,(H,14,15);1,3-4,7-8,12H,2,5-6,9-10H2;2-6H,1H3;6H,1-5,7H2;6-7H,1-5H2. The molecule has 0 atom stereocenters. The molecule has 4 N–H and O–H groups in total. The number of rotatable bonds is 5. The van der Waals surface area contributed by atoms with E-state index in [1.54, 1.807) is 36.4 Å². The van der Waals surface area contributed by atoms with Gasteiger partial charge in [0.05, 0.1) is 24.3 Å². The molecule has 0 unspecified atom stereocenters. The topological polar surface area (TPSA) is 128 Å². The normalized spacial score (nSPS) is 17.8. The van der Waals surface area contributed by atoms with Gasteiger partial charge >= 0.3 is 11.9 Å². The number of carbonyl (C=O) groups excluding carboxylic acids is 3. The highest BCUT2D eigenvalue weighted by molar-refractivity contribution is 5.94. The van der Waals surface area contributed by atoms with Gasteiger partial charge in [0.1, 0.15) is 6.10 Å². The lowest BCUT2D eigenvalue weighted by Crippen LogP contribution is -2.36. The summed E-state index contributed by atoms with van der Waals surface area (Å²) in [7, 11) is 1.37. The second-order valence-corrected chi connectivity index (χ2v) is 14.8. The van der Waals surface area contributed by atoms with Crippen LogP contribution in [0.4, 0.5) is 0 Å². The van der Waals surface area contributed by atoms with E-state index in [0.717, 1.165) is 44.1 Å². The molecule has 4 fully saturated rings. The Kier molecular flexibility index (Phi) is 22.6. The summed E-state index contributed by atoms with van der Waals surface area (Å²) in [6.07, 6.45) is 24.5. The summed E-state index contributed by atoms with van der Waals surface area (Å²) in [5, 5.41) is 12.0. The largest absolute Gasteiger partial charge is 0.465 e. The number of methoxy groups -OCH3 is 1. The summed E-state index contributed by atoms with van der Waals surface area (Å²) in [5.41, 5.74) is 7.65. The minimum atomic E-state index is -0.291. The van der Waals surface area contributed by atoms with Crippen LogP contribution in [0.3, 0.4) is 0 Å². The lowest BCUT2D eigenvalue weighted by molar-refractivity contribution is 0.0211. The van der Waals surface area contributed by atoms with Crippen molar-refractivity contribution in [2.75, 3.05) is 7.11 Å². The van der Waals surface area contributed by atoms with Crippen molar-refractivity contribution in [2.45, 2.75) is 153 Å².